The van der Waals surface area contributed by atoms with Crippen molar-refractivity contribution in [2.45, 2.75) is 49.3 Å². The predicted octanol–water partition coefficient (Wildman–Crippen LogP) is -1.74. The quantitative estimate of drug-likeness (QED) is 0.116. The molecule has 0 saturated carbocycles. The summed E-state index contributed by atoms with van der Waals surface area (Å²) in [6.45, 7) is -0.787. The van der Waals surface area contributed by atoms with E-state index in [0.717, 1.165) is 10.9 Å². The number of anilines is 2. The highest BCUT2D eigenvalue weighted by atomic mass is 31.2. The van der Waals surface area contributed by atoms with E-state index < -0.39 is 83.2 Å². The molecule has 45 heavy (non-hydrogen) atoms. The van der Waals surface area contributed by atoms with Gasteiger partial charge in [-0.15, -0.1) is 0 Å². The minimum absolute atomic E-state index is 0.116. The number of phosphoric ester groups is 1. The van der Waals surface area contributed by atoms with E-state index >= 15 is 0 Å². The minimum Gasteiger partial charge on any atom is -0.397 e. The van der Waals surface area contributed by atoms with Crippen LogP contribution in [0.1, 0.15) is 12.5 Å². The van der Waals surface area contributed by atoms with E-state index in [-0.39, 0.29) is 22.8 Å². The summed E-state index contributed by atoms with van der Waals surface area (Å²) >= 11 is 0. The Bertz CT molecular complexity index is 1930. The molecule has 24 heteroatoms. The maximum Gasteiger partial charge on any atom is 0.472 e. The zero-order chi connectivity index (χ0) is 31.8. The molecule has 0 radical (unpaired) electrons. The summed E-state index contributed by atoms with van der Waals surface area (Å²) in [6.07, 6.45) is -10.2. The van der Waals surface area contributed by atoms with Crippen molar-refractivity contribution >= 4 is 49.4 Å². The molecule has 242 valence electrons. The summed E-state index contributed by atoms with van der Waals surface area (Å²) < 4.78 is 61.3. The highest BCUT2D eigenvalue weighted by Gasteiger charge is 2.54. The minimum atomic E-state index is -5.07. The van der Waals surface area contributed by atoms with Crippen LogP contribution in [-0.2, 0) is 36.9 Å². The first-order valence-corrected chi connectivity index (χ1v) is 16.3. The van der Waals surface area contributed by atoms with Crippen LogP contribution in [0.3, 0.4) is 0 Å². The van der Waals surface area contributed by atoms with Gasteiger partial charge >= 0.3 is 15.4 Å². The third-order valence-corrected chi connectivity index (χ3v) is 9.35. The van der Waals surface area contributed by atoms with Gasteiger partial charge in [-0.3, -0.25) is 37.0 Å². The summed E-state index contributed by atoms with van der Waals surface area (Å²) in [4.78, 5) is 52.0. The highest BCUT2D eigenvalue weighted by Crippen LogP contribution is 2.53. The number of aliphatic hydroxyl groups is 2. The van der Waals surface area contributed by atoms with Gasteiger partial charge < -0.3 is 45.7 Å². The van der Waals surface area contributed by atoms with Gasteiger partial charge in [0.2, 0.25) is 5.95 Å². The van der Waals surface area contributed by atoms with Crippen LogP contribution < -0.4 is 17.0 Å². The first-order valence-electron chi connectivity index (χ1n) is 13.1. The monoisotopic (exact) mass is 673 g/mol. The Morgan fingerprint density at radius 2 is 1.62 bits per heavy atom. The topological polar surface area (TPSA) is 317 Å². The van der Waals surface area contributed by atoms with Crippen molar-refractivity contribution in [2.75, 3.05) is 24.4 Å². The molecule has 0 bridgehead atoms. The number of pyridine rings is 1. The molecule has 9 N–H and O–H groups in total. The van der Waals surface area contributed by atoms with Crippen molar-refractivity contribution in [1.82, 2.24) is 34.1 Å². The zero-order valence-corrected chi connectivity index (χ0v) is 24.3. The van der Waals surface area contributed by atoms with Crippen LogP contribution in [0, 0.1) is 0 Å². The number of rotatable bonds is 2. The lowest BCUT2D eigenvalue weighted by Gasteiger charge is -2.28. The third-order valence-electron chi connectivity index (χ3n) is 7.32. The van der Waals surface area contributed by atoms with Gasteiger partial charge in [0.25, 0.3) is 5.56 Å². The second-order valence-electron chi connectivity index (χ2n) is 10.3. The number of H-pyrrole nitrogens is 1. The van der Waals surface area contributed by atoms with Gasteiger partial charge in [0.1, 0.15) is 29.9 Å². The fraction of sp³-hybridized carbons (Fsp3) is 0.476. The van der Waals surface area contributed by atoms with Crippen molar-refractivity contribution in [1.29, 1.82) is 0 Å². The standard InChI is InChI=1S/C21H25N9O13P2/c22-7-1-2-24-15-9(7)25-4-29(15)18-11(31)13-8(40-18)3-39-45(36,37)43-14-12(32)19(41-20(14)38-6-44(34,35)42-13)30-5-26-10-16(30)27-21(23)28-17(10)33/h1-2,4-5,8,11-14,18-20,31-32H,3,6H2,(H2,22,24)(H,34,35)(H,36,37)(H3,23,27,28,33)/t8-,11?,12?,13+,14-,18-,19-,20+/m1/s1. The van der Waals surface area contributed by atoms with Crippen LogP contribution in [-0.4, -0.2) is 104 Å². The molecule has 3 saturated heterocycles. The van der Waals surface area contributed by atoms with Crippen molar-refractivity contribution < 1.29 is 56.9 Å². The van der Waals surface area contributed by atoms with Crippen LogP contribution in [0.2, 0.25) is 0 Å². The zero-order valence-electron chi connectivity index (χ0n) is 22.5. The largest absolute Gasteiger partial charge is 0.472 e. The number of nitrogens with zero attached hydrogens (tertiary/aromatic N) is 6. The lowest BCUT2D eigenvalue weighted by Crippen LogP contribution is -2.38. The second kappa shape index (κ2) is 10.9. The van der Waals surface area contributed by atoms with E-state index in [0.29, 0.717) is 11.2 Å². The average Bonchev–Trinajstić information content (AvgIpc) is 3.72. The van der Waals surface area contributed by atoms with Gasteiger partial charge in [0.05, 0.1) is 24.9 Å². The first kappa shape index (κ1) is 30.3. The lowest BCUT2D eigenvalue weighted by atomic mass is 10.1. The summed E-state index contributed by atoms with van der Waals surface area (Å²) in [5.41, 5.74) is 11.4. The predicted molar refractivity (Wildman–Crippen MR) is 146 cm³/mol. The Labute approximate surface area is 249 Å². The molecule has 4 unspecified atom stereocenters. The first-order chi connectivity index (χ1) is 21.3. The van der Waals surface area contributed by atoms with Crippen molar-refractivity contribution in [2.24, 2.45) is 0 Å². The molecule has 0 aromatic carbocycles. The number of aromatic amines is 1. The van der Waals surface area contributed by atoms with Crippen LogP contribution in [0.4, 0.5) is 11.6 Å². The smallest absolute Gasteiger partial charge is 0.397 e. The van der Waals surface area contributed by atoms with Gasteiger partial charge in [-0.1, -0.05) is 0 Å². The number of aliphatic hydroxyl groups excluding tert-OH is 2. The Balaban J connectivity index is 1.17. The molecular formula is C21H25N9O13P2. The summed E-state index contributed by atoms with van der Waals surface area (Å²) in [6, 6.07) is 1.51. The molecule has 10 atom stereocenters. The fourth-order valence-corrected chi connectivity index (χ4v) is 7.28. The molecule has 0 amide bonds. The van der Waals surface area contributed by atoms with E-state index in [1.165, 1.54) is 23.2 Å². The van der Waals surface area contributed by atoms with Gasteiger partial charge in [-0.2, -0.15) is 4.98 Å². The van der Waals surface area contributed by atoms with E-state index in [9.17, 15) is 33.9 Å². The van der Waals surface area contributed by atoms with Gasteiger partial charge in [-0.25, -0.2) is 19.5 Å². The molecule has 4 aromatic heterocycles. The summed E-state index contributed by atoms with van der Waals surface area (Å²) in [5.74, 6) is -0.272. The molecular weight excluding hydrogens is 648 g/mol. The molecule has 4 aromatic rings. The number of nitrogen functional groups attached to an aromatic ring is 2. The number of hydrogen-bond donors (Lipinski definition) is 7. The molecule has 7 heterocycles. The Hall–Kier alpha value is -3.37. The Morgan fingerprint density at radius 1 is 0.933 bits per heavy atom. The second-order valence-corrected chi connectivity index (χ2v) is 13.4. The highest BCUT2D eigenvalue weighted by molar-refractivity contribution is 7.52. The molecule has 0 spiro atoms. The molecule has 3 aliphatic heterocycles. The number of hydrogen-bond acceptors (Lipinski definition) is 17. The Kier molecular flexibility index (Phi) is 7.32. The average molecular weight is 673 g/mol. The molecule has 22 nitrogen and oxygen atoms in total. The van der Waals surface area contributed by atoms with Gasteiger partial charge in [0.15, 0.2) is 48.0 Å². The van der Waals surface area contributed by atoms with E-state index in [1.807, 2.05) is 0 Å². The van der Waals surface area contributed by atoms with Crippen LogP contribution >= 0.6 is 15.4 Å². The fourth-order valence-electron chi connectivity index (χ4n) is 5.32. The van der Waals surface area contributed by atoms with Crippen LogP contribution in [0.15, 0.2) is 29.7 Å². The normalized spacial score (nSPS) is 37.7. The SMILES string of the molecule is Nc1nc2c(ncn2[C@@H]2O[C@@H]3OCP(=O)(O)O[C@@H]4C(O)[C@H](n5cnc6c(N)ccnc65)O[C@@H]4COP(=O)(O)O[C@@H]3C2O)c(=O)[nH]1. The number of ether oxygens (including phenoxy) is 3. The molecule has 0 aliphatic carbocycles. The number of phosphoric acid groups is 1. The van der Waals surface area contributed by atoms with Crippen molar-refractivity contribution in [3.63, 3.8) is 0 Å². The summed E-state index contributed by atoms with van der Waals surface area (Å²) in [7, 11) is -9.83. The number of nitrogens with two attached hydrogens (primary N) is 2. The number of nitrogens with one attached hydrogen (secondary N) is 1. The van der Waals surface area contributed by atoms with Crippen LogP contribution in [0.25, 0.3) is 22.3 Å². The molecule has 3 fully saturated rings. The summed E-state index contributed by atoms with van der Waals surface area (Å²) in [5, 5.41) is 22.2. The van der Waals surface area contributed by atoms with Crippen molar-refractivity contribution in [3.05, 3.63) is 35.3 Å². The van der Waals surface area contributed by atoms with E-state index in [1.54, 1.807) is 0 Å². The van der Waals surface area contributed by atoms with Gasteiger partial charge in [-0.05, 0) is 6.07 Å². The van der Waals surface area contributed by atoms with Crippen molar-refractivity contribution in [3.8, 4) is 0 Å². The number of aromatic nitrogens is 7. The number of imidazole rings is 2. The van der Waals surface area contributed by atoms with Crippen LogP contribution in [0.5, 0.6) is 0 Å². The van der Waals surface area contributed by atoms with Gasteiger partial charge in [0, 0.05) is 6.20 Å². The lowest BCUT2D eigenvalue weighted by molar-refractivity contribution is -0.168. The van der Waals surface area contributed by atoms with E-state index in [4.69, 9.17) is 39.2 Å². The maximum atomic E-state index is 13.2. The maximum absolute atomic E-state index is 13.2. The third kappa shape index (κ3) is 5.33. The Morgan fingerprint density at radius 3 is 2.40 bits per heavy atom. The number of fused-ring (bicyclic) bond motifs is 4. The van der Waals surface area contributed by atoms with E-state index in [2.05, 4.69) is 24.9 Å². The molecule has 3 aliphatic rings. The molecule has 7 rings (SSSR count).